The molecule has 0 saturated heterocycles. The lowest BCUT2D eigenvalue weighted by atomic mass is 10.2. The molecule has 2 rings (SSSR count). The van der Waals surface area contributed by atoms with E-state index in [1.807, 2.05) is 12.1 Å². The van der Waals surface area contributed by atoms with Crippen LogP contribution in [0.15, 0.2) is 35.5 Å². The molecule has 0 aliphatic carbocycles. The lowest BCUT2D eigenvalue weighted by Crippen LogP contribution is -2.25. The minimum Gasteiger partial charge on any atom is -0.394 e. The van der Waals surface area contributed by atoms with Crippen molar-refractivity contribution in [3.63, 3.8) is 0 Å². The topological polar surface area (TPSA) is 80.0 Å². The van der Waals surface area contributed by atoms with Crippen LogP contribution in [0.5, 0.6) is 0 Å². The van der Waals surface area contributed by atoms with Gasteiger partial charge in [-0.3, -0.25) is 9.78 Å². The van der Waals surface area contributed by atoms with Crippen molar-refractivity contribution in [3.05, 3.63) is 51.7 Å². The Morgan fingerprint density at radius 1 is 1.40 bits per heavy atom. The number of aliphatic hydroxyl groups is 1. The van der Waals surface area contributed by atoms with E-state index in [9.17, 15) is 4.79 Å². The molecular formula is C13H15ClN4O2. The lowest BCUT2D eigenvalue weighted by molar-refractivity contribution is 0.266. The van der Waals surface area contributed by atoms with Crippen LogP contribution in [0, 0.1) is 0 Å². The third-order valence-electron chi connectivity index (χ3n) is 2.75. The molecule has 0 aliphatic heterocycles. The zero-order valence-corrected chi connectivity index (χ0v) is 11.5. The largest absolute Gasteiger partial charge is 0.394 e. The molecular weight excluding hydrogens is 280 g/mol. The van der Waals surface area contributed by atoms with Gasteiger partial charge in [-0.2, -0.15) is 5.10 Å². The van der Waals surface area contributed by atoms with Gasteiger partial charge in [-0.05, 0) is 18.1 Å². The SMILES string of the molecule is O=c1c(Cl)c(NCCc2cccnc2)cnn1CCO. The van der Waals surface area contributed by atoms with Crippen molar-refractivity contribution < 1.29 is 5.11 Å². The summed E-state index contributed by atoms with van der Waals surface area (Å²) < 4.78 is 1.13. The highest BCUT2D eigenvalue weighted by atomic mass is 35.5. The van der Waals surface area contributed by atoms with Crippen molar-refractivity contribution in [1.82, 2.24) is 14.8 Å². The van der Waals surface area contributed by atoms with Gasteiger partial charge >= 0.3 is 0 Å². The second kappa shape index (κ2) is 7.02. The standard InChI is InChI=1S/C13H15ClN4O2/c14-12-11(9-17-18(6-7-19)13(12)20)16-5-3-10-2-1-4-15-8-10/h1-2,4,8-9,16,19H,3,5-7H2. The predicted molar refractivity (Wildman–Crippen MR) is 77.0 cm³/mol. The van der Waals surface area contributed by atoms with E-state index in [0.717, 1.165) is 16.7 Å². The number of pyridine rings is 1. The molecule has 2 aromatic rings. The van der Waals surface area contributed by atoms with Crippen molar-refractivity contribution in [2.24, 2.45) is 0 Å². The number of rotatable bonds is 6. The Kier molecular flexibility index (Phi) is 5.09. The van der Waals surface area contributed by atoms with E-state index in [4.69, 9.17) is 16.7 Å². The van der Waals surface area contributed by atoms with Crippen molar-refractivity contribution in [1.29, 1.82) is 0 Å². The van der Waals surface area contributed by atoms with Gasteiger partial charge in [0.1, 0.15) is 5.02 Å². The van der Waals surface area contributed by atoms with Gasteiger partial charge in [-0.25, -0.2) is 4.68 Å². The third kappa shape index (κ3) is 3.55. The van der Waals surface area contributed by atoms with E-state index >= 15 is 0 Å². The highest BCUT2D eigenvalue weighted by molar-refractivity contribution is 6.32. The van der Waals surface area contributed by atoms with Crippen LogP contribution < -0.4 is 10.9 Å². The van der Waals surface area contributed by atoms with Crippen LogP contribution in [-0.4, -0.2) is 33.0 Å². The molecule has 0 aliphatic rings. The zero-order chi connectivity index (χ0) is 14.4. The summed E-state index contributed by atoms with van der Waals surface area (Å²) in [5.41, 5.74) is 1.18. The Balaban J connectivity index is 2.00. The molecule has 2 aromatic heterocycles. The van der Waals surface area contributed by atoms with Crippen LogP contribution >= 0.6 is 11.6 Å². The van der Waals surface area contributed by atoms with Gasteiger partial charge in [0.2, 0.25) is 0 Å². The average Bonchev–Trinajstić information content (AvgIpc) is 2.48. The Labute approximate surface area is 121 Å². The molecule has 2 N–H and O–H groups in total. The summed E-state index contributed by atoms with van der Waals surface area (Å²) in [6.07, 6.45) is 5.77. The number of nitrogens with one attached hydrogen (secondary N) is 1. The van der Waals surface area contributed by atoms with Gasteiger partial charge in [-0.1, -0.05) is 17.7 Å². The quantitative estimate of drug-likeness (QED) is 0.829. The number of hydrogen-bond donors (Lipinski definition) is 2. The maximum atomic E-state index is 11.8. The normalized spacial score (nSPS) is 10.5. The molecule has 0 unspecified atom stereocenters. The number of aliphatic hydroxyl groups excluding tert-OH is 1. The number of hydrogen-bond acceptors (Lipinski definition) is 5. The summed E-state index contributed by atoms with van der Waals surface area (Å²) in [5.74, 6) is 0. The van der Waals surface area contributed by atoms with Gasteiger partial charge in [0.05, 0.1) is 25.0 Å². The number of anilines is 1. The van der Waals surface area contributed by atoms with Crippen LogP contribution in [0.4, 0.5) is 5.69 Å². The van der Waals surface area contributed by atoms with Crippen LogP contribution in [0.3, 0.4) is 0 Å². The summed E-state index contributed by atoms with van der Waals surface area (Å²) in [7, 11) is 0. The highest BCUT2D eigenvalue weighted by Crippen LogP contribution is 2.15. The molecule has 0 radical (unpaired) electrons. The smallest absolute Gasteiger partial charge is 0.287 e. The number of nitrogens with zero attached hydrogens (tertiary/aromatic N) is 3. The Hall–Kier alpha value is -1.92. The Morgan fingerprint density at radius 2 is 2.25 bits per heavy atom. The van der Waals surface area contributed by atoms with E-state index in [0.29, 0.717) is 12.2 Å². The fourth-order valence-electron chi connectivity index (χ4n) is 1.73. The van der Waals surface area contributed by atoms with Gasteiger partial charge in [0, 0.05) is 18.9 Å². The predicted octanol–water partition coefficient (Wildman–Crippen LogP) is 0.939. The van der Waals surface area contributed by atoms with Crippen molar-refractivity contribution >= 4 is 17.3 Å². The van der Waals surface area contributed by atoms with E-state index in [1.54, 1.807) is 12.4 Å². The fourth-order valence-corrected chi connectivity index (χ4v) is 1.94. The maximum Gasteiger partial charge on any atom is 0.287 e. The van der Waals surface area contributed by atoms with Gasteiger partial charge in [-0.15, -0.1) is 0 Å². The molecule has 0 bridgehead atoms. The average molecular weight is 295 g/mol. The molecule has 0 fully saturated rings. The molecule has 0 atom stereocenters. The summed E-state index contributed by atoms with van der Waals surface area (Å²) in [6.45, 7) is 0.599. The summed E-state index contributed by atoms with van der Waals surface area (Å²) in [4.78, 5) is 15.9. The number of aromatic nitrogens is 3. The first kappa shape index (κ1) is 14.5. The Morgan fingerprint density at radius 3 is 2.95 bits per heavy atom. The van der Waals surface area contributed by atoms with E-state index in [-0.39, 0.29) is 18.2 Å². The second-order valence-electron chi connectivity index (χ2n) is 4.16. The minimum atomic E-state index is -0.410. The molecule has 106 valence electrons. The van der Waals surface area contributed by atoms with Gasteiger partial charge in [0.25, 0.3) is 5.56 Å². The number of halogens is 1. The van der Waals surface area contributed by atoms with Crippen LogP contribution in [-0.2, 0) is 13.0 Å². The van der Waals surface area contributed by atoms with Crippen LogP contribution in [0.25, 0.3) is 0 Å². The molecule has 2 heterocycles. The fraction of sp³-hybridized carbons (Fsp3) is 0.308. The molecule has 20 heavy (non-hydrogen) atoms. The first-order valence-electron chi connectivity index (χ1n) is 6.21. The first-order chi connectivity index (χ1) is 9.72. The van der Waals surface area contributed by atoms with Gasteiger partial charge in [0.15, 0.2) is 0 Å². The molecule has 0 saturated carbocycles. The van der Waals surface area contributed by atoms with Gasteiger partial charge < -0.3 is 10.4 Å². The summed E-state index contributed by atoms with van der Waals surface area (Å²) >= 11 is 5.99. The van der Waals surface area contributed by atoms with E-state index in [1.165, 1.54) is 6.20 Å². The molecule has 0 amide bonds. The zero-order valence-electron chi connectivity index (χ0n) is 10.8. The Bertz CT molecular complexity index is 616. The molecule has 7 heteroatoms. The van der Waals surface area contributed by atoms with Crippen LogP contribution in [0.2, 0.25) is 5.02 Å². The molecule has 0 spiro atoms. The lowest BCUT2D eigenvalue weighted by Gasteiger charge is -2.09. The van der Waals surface area contributed by atoms with Crippen molar-refractivity contribution in [2.75, 3.05) is 18.5 Å². The molecule has 0 aromatic carbocycles. The molecule has 6 nitrogen and oxygen atoms in total. The monoisotopic (exact) mass is 294 g/mol. The van der Waals surface area contributed by atoms with Crippen molar-refractivity contribution in [3.8, 4) is 0 Å². The van der Waals surface area contributed by atoms with E-state index in [2.05, 4.69) is 15.4 Å². The van der Waals surface area contributed by atoms with E-state index < -0.39 is 5.56 Å². The minimum absolute atomic E-state index is 0.0830. The van der Waals surface area contributed by atoms with Crippen LogP contribution in [0.1, 0.15) is 5.56 Å². The third-order valence-corrected chi connectivity index (χ3v) is 3.11. The van der Waals surface area contributed by atoms with Crippen molar-refractivity contribution in [2.45, 2.75) is 13.0 Å². The highest BCUT2D eigenvalue weighted by Gasteiger charge is 2.08. The second-order valence-corrected chi connectivity index (χ2v) is 4.54. The first-order valence-corrected chi connectivity index (χ1v) is 6.59. The summed E-state index contributed by atoms with van der Waals surface area (Å²) in [5, 5.41) is 15.9. The maximum absolute atomic E-state index is 11.8. The summed E-state index contributed by atoms with van der Waals surface area (Å²) in [6, 6.07) is 3.85.